The molecule has 0 radical (unpaired) electrons. The molecule has 3 saturated heterocycles. The second kappa shape index (κ2) is 9.05. The zero-order chi connectivity index (χ0) is 19.3. The number of hydrogen-bond donors (Lipinski definition) is 1. The van der Waals surface area contributed by atoms with E-state index >= 15 is 0 Å². The van der Waals surface area contributed by atoms with E-state index in [1.165, 1.54) is 0 Å². The Balaban J connectivity index is 1.30. The minimum absolute atomic E-state index is 0.153. The van der Waals surface area contributed by atoms with Crippen LogP contribution in [-0.4, -0.2) is 91.2 Å². The predicted molar refractivity (Wildman–Crippen MR) is 109 cm³/mol. The summed E-state index contributed by atoms with van der Waals surface area (Å²) in [5.74, 6) is 2.15. The molecule has 1 amide bonds. The first-order valence-electron chi connectivity index (χ1n) is 10.6. The van der Waals surface area contributed by atoms with Crippen molar-refractivity contribution in [2.75, 3.05) is 69.7 Å². The maximum atomic E-state index is 12.9. The number of piperidine rings is 2. The van der Waals surface area contributed by atoms with Crippen LogP contribution in [0.4, 0.5) is 11.8 Å². The number of rotatable bonds is 4. The van der Waals surface area contributed by atoms with E-state index in [-0.39, 0.29) is 5.92 Å². The average Bonchev–Trinajstić information content (AvgIpc) is 2.79. The molecule has 4 heterocycles. The van der Waals surface area contributed by atoms with Crippen molar-refractivity contribution >= 4 is 17.7 Å². The Bertz CT molecular complexity index is 658. The zero-order valence-electron chi connectivity index (χ0n) is 16.8. The van der Waals surface area contributed by atoms with E-state index in [9.17, 15) is 4.79 Å². The zero-order valence-corrected chi connectivity index (χ0v) is 16.8. The first kappa shape index (κ1) is 19.4. The first-order chi connectivity index (χ1) is 13.7. The van der Waals surface area contributed by atoms with Crippen molar-refractivity contribution in [2.45, 2.75) is 31.7 Å². The summed E-state index contributed by atoms with van der Waals surface area (Å²) in [7, 11) is 1.88. The highest BCUT2D eigenvalue weighted by Gasteiger charge is 2.34. The molecule has 0 aliphatic carbocycles. The molecule has 3 aliphatic rings. The van der Waals surface area contributed by atoms with Gasteiger partial charge in [-0.3, -0.25) is 9.69 Å². The van der Waals surface area contributed by atoms with Crippen LogP contribution in [-0.2, 0) is 9.53 Å². The normalized spacial score (nSPS) is 25.0. The molecule has 28 heavy (non-hydrogen) atoms. The summed E-state index contributed by atoms with van der Waals surface area (Å²) in [5, 5.41) is 3.08. The molecule has 1 aromatic rings. The summed E-state index contributed by atoms with van der Waals surface area (Å²) < 4.78 is 5.39. The van der Waals surface area contributed by atoms with Gasteiger partial charge in [-0.15, -0.1) is 0 Å². The molecule has 3 fully saturated rings. The standard InChI is InChI=1S/C20H32N6O2/c1-21-18-4-7-22-20(23-18)25-9-5-17(6-10-25)26-8-2-3-16(15-26)19(27)24-11-13-28-14-12-24/h4,7,16-17H,2-3,5-6,8-15H2,1H3,(H,21,22,23)/t16-/m0/s1. The fraction of sp³-hybridized carbons (Fsp3) is 0.750. The Hall–Kier alpha value is -1.93. The van der Waals surface area contributed by atoms with E-state index in [1.807, 2.05) is 24.2 Å². The van der Waals surface area contributed by atoms with Crippen LogP contribution in [0.5, 0.6) is 0 Å². The number of nitrogens with one attached hydrogen (secondary N) is 1. The summed E-state index contributed by atoms with van der Waals surface area (Å²) in [6, 6.07) is 2.44. The molecule has 1 N–H and O–H groups in total. The maximum absolute atomic E-state index is 12.9. The minimum atomic E-state index is 0.153. The molecule has 3 aliphatic heterocycles. The Morgan fingerprint density at radius 2 is 1.93 bits per heavy atom. The average molecular weight is 389 g/mol. The topological polar surface area (TPSA) is 73.8 Å². The van der Waals surface area contributed by atoms with Crippen LogP contribution in [0.1, 0.15) is 25.7 Å². The van der Waals surface area contributed by atoms with Crippen molar-refractivity contribution in [3.63, 3.8) is 0 Å². The lowest BCUT2D eigenvalue weighted by molar-refractivity contribution is -0.141. The molecule has 1 aromatic heterocycles. The van der Waals surface area contributed by atoms with Gasteiger partial charge in [0, 0.05) is 52.0 Å². The van der Waals surface area contributed by atoms with Gasteiger partial charge < -0.3 is 19.9 Å². The second-order valence-electron chi connectivity index (χ2n) is 7.98. The monoisotopic (exact) mass is 388 g/mol. The highest BCUT2D eigenvalue weighted by atomic mass is 16.5. The van der Waals surface area contributed by atoms with Gasteiger partial charge in [0.15, 0.2) is 0 Å². The summed E-state index contributed by atoms with van der Waals surface area (Å²) in [6.45, 7) is 6.82. The molecule has 8 nitrogen and oxygen atoms in total. The molecule has 8 heteroatoms. The number of nitrogens with zero attached hydrogens (tertiary/aromatic N) is 5. The molecule has 4 rings (SSSR count). The molecule has 0 spiro atoms. The van der Waals surface area contributed by atoms with Gasteiger partial charge in [-0.1, -0.05) is 0 Å². The molecule has 0 bridgehead atoms. The number of amides is 1. The van der Waals surface area contributed by atoms with Crippen molar-refractivity contribution in [3.05, 3.63) is 12.3 Å². The van der Waals surface area contributed by atoms with Crippen molar-refractivity contribution in [1.82, 2.24) is 19.8 Å². The largest absolute Gasteiger partial charge is 0.378 e. The van der Waals surface area contributed by atoms with Crippen molar-refractivity contribution in [2.24, 2.45) is 5.92 Å². The van der Waals surface area contributed by atoms with Crippen molar-refractivity contribution < 1.29 is 9.53 Å². The summed E-state index contributed by atoms with van der Waals surface area (Å²) in [6.07, 6.45) is 6.16. The number of hydrogen-bond acceptors (Lipinski definition) is 7. The number of carbonyl (C=O) groups excluding carboxylic acids is 1. The SMILES string of the molecule is CNc1ccnc(N2CCC(N3CCC[C@H](C(=O)N4CCOCC4)C3)CC2)n1. The quantitative estimate of drug-likeness (QED) is 0.827. The second-order valence-corrected chi connectivity index (χ2v) is 7.98. The van der Waals surface area contributed by atoms with Crippen LogP contribution in [0.15, 0.2) is 12.3 Å². The van der Waals surface area contributed by atoms with E-state index in [2.05, 4.69) is 25.1 Å². The summed E-state index contributed by atoms with van der Waals surface area (Å²) in [5.41, 5.74) is 0. The van der Waals surface area contributed by atoms with Crippen LogP contribution in [0.2, 0.25) is 0 Å². The van der Waals surface area contributed by atoms with Crippen LogP contribution in [0.25, 0.3) is 0 Å². The Morgan fingerprint density at radius 3 is 2.68 bits per heavy atom. The number of carbonyl (C=O) groups is 1. The van der Waals surface area contributed by atoms with Crippen molar-refractivity contribution in [1.29, 1.82) is 0 Å². The molecular formula is C20H32N6O2. The van der Waals surface area contributed by atoms with Gasteiger partial charge in [0.2, 0.25) is 11.9 Å². The molecular weight excluding hydrogens is 356 g/mol. The van der Waals surface area contributed by atoms with Gasteiger partial charge >= 0.3 is 0 Å². The summed E-state index contributed by atoms with van der Waals surface area (Å²) in [4.78, 5) is 28.7. The van der Waals surface area contributed by atoms with E-state index in [0.717, 1.165) is 76.7 Å². The minimum Gasteiger partial charge on any atom is -0.378 e. The van der Waals surface area contributed by atoms with Crippen molar-refractivity contribution in [3.8, 4) is 0 Å². The smallest absolute Gasteiger partial charge is 0.227 e. The Kier molecular flexibility index (Phi) is 6.26. The van der Waals surface area contributed by atoms with Crippen LogP contribution < -0.4 is 10.2 Å². The fourth-order valence-electron chi connectivity index (χ4n) is 4.65. The number of anilines is 2. The first-order valence-corrected chi connectivity index (χ1v) is 10.6. The van der Waals surface area contributed by atoms with E-state index in [1.54, 1.807) is 0 Å². The van der Waals surface area contributed by atoms with Gasteiger partial charge in [-0.05, 0) is 38.3 Å². The van der Waals surface area contributed by atoms with E-state index in [0.29, 0.717) is 25.2 Å². The van der Waals surface area contributed by atoms with Gasteiger partial charge in [0.25, 0.3) is 0 Å². The lowest BCUT2D eigenvalue weighted by atomic mass is 9.92. The lowest BCUT2D eigenvalue weighted by Gasteiger charge is -2.43. The number of aromatic nitrogens is 2. The molecule has 0 aromatic carbocycles. The number of likely N-dealkylation sites (tertiary alicyclic amines) is 1. The Labute approximate surface area is 167 Å². The third-order valence-corrected chi connectivity index (χ3v) is 6.29. The van der Waals surface area contributed by atoms with Gasteiger partial charge in [-0.25, -0.2) is 4.98 Å². The Morgan fingerprint density at radius 1 is 1.14 bits per heavy atom. The van der Waals surface area contributed by atoms with E-state index < -0.39 is 0 Å². The number of ether oxygens (including phenoxy) is 1. The van der Waals surface area contributed by atoms with Gasteiger partial charge in [0.1, 0.15) is 5.82 Å². The third-order valence-electron chi connectivity index (χ3n) is 6.29. The highest BCUT2D eigenvalue weighted by Crippen LogP contribution is 2.26. The predicted octanol–water partition coefficient (Wildman–Crippen LogP) is 1.06. The molecule has 0 unspecified atom stereocenters. The van der Waals surface area contributed by atoms with E-state index in [4.69, 9.17) is 4.74 Å². The molecule has 154 valence electrons. The van der Waals surface area contributed by atoms with Crippen LogP contribution in [0.3, 0.4) is 0 Å². The number of morpholine rings is 1. The molecule has 1 atom stereocenters. The summed E-state index contributed by atoms with van der Waals surface area (Å²) >= 11 is 0. The van der Waals surface area contributed by atoms with Gasteiger partial charge in [-0.2, -0.15) is 4.98 Å². The fourth-order valence-corrected chi connectivity index (χ4v) is 4.65. The van der Waals surface area contributed by atoms with Crippen LogP contribution >= 0.6 is 0 Å². The highest BCUT2D eigenvalue weighted by molar-refractivity contribution is 5.79. The molecule has 0 saturated carbocycles. The van der Waals surface area contributed by atoms with Gasteiger partial charge in [0.05, 0.1) is 19.1 Å². The third kappa shape index (κ3) is 4.38. The maximum Gasteiger partial charge on any atom is 0.227 e. The lowest BCUT2D eigenvalue weighted by Crippen LogP contribution is -2.52. The van der Waals surface area contributed by atoms with Crippen LogP contribution in [0, 0.1) is 5.92 Å².